The normalized spacial score (nSPS) is 13.9. The summed E-state index contributed by atoms with van der Waals surface area (Å²) in [6, 6.07) is 3.84. The number of pyridine rings is 1. The maximum Gasteiger partial charge on any atom is 0.323 e. The van der Waals surface area contributed by atoms with Gasteiger partial charge in [-0.2, -0.15) is 0 Å². The third-order valence-electron chi connectivity index (χ3n) is 3.02. The average Bonchev–Trinajstić information content (AvgIpc) is 2.43. The molecular weight excluding hydrogens is 340 g/mol. The SMILES string of the molecule is CCCNC(C)(CCCSc1ncccc1Br)C(=O)O. The van der Waals surface area contributed by atoms with Crippen LogP contribution >= 0.6 is 27.7 Å². The van der Waals surface area contributed by atoms with E-state index in [4.69, 9.17) is 0 Å². The highest BCUT2D eigenvalue weighted by Gasteiger charge is 2.31. The Kier molecular flexibility index (Phi) is 7.55. The molecule has 0 fully saturated rings. The minimum atomic E-state index is -0.835. The molecule has 0 radical (unpaired) electrons. The highest BCUT2D eigenvalue weighted by Crippen LogP contribution is 2.26. The molecule has 0 amide bonds. The van der Waals surface area contributed by atoms with Crippen molar-refractivity contribution in [2.75, 3.05) is 12.3 Å². The highest BCUT2D eigenvalue weighted by atomic mass is 79.9. The number of carboxylic acid groups (broad SMARTS) is 1. The minimum absolute atomic E-state index is 0.611. The molecule has 2 N–H and O–H groups in total. The van der Waals surface area contributed by atoms with Crippen LogP contribution in [0.1, 0.15) is 33.1 Å². The Morgan fingerprint density at radius 1 is 1.60 bits per heavy atom. The topological polar surface area (TPSA) is 62.2 Å². The number of thioether (sulfide) groups is 1. The van der Waals surface area contributed by atoms with Gasteiger partial charge in [-0.3, -0.25) is 4.79 Å². The van der Waals surface area contributed by atoms with Gasteiger partial charge in [0.2, 0.25) is 0 Å². The quantitative estimate of drug-likeness (QED) is 0.520. The van der Waals surface area contributed by atoms with Crippen LogP contribution in [0.5, 0.6) is 0 Å². The minimum Gasteiger partial charge on any atom is -0.480 e. The highest BCUT2D eigenvalue weighted by molar-refractivity contribution is 9.10. The van der Waals surface area contributed by atoms with Crippen LogP contribution in [-0.2, 0) is 4.79 Å². The lowest BCUT2D eigenvalue weighted by molar-refractivity contribution is -0.144. The Hall–Kier alpha value is -0.590. The van der Waals surface area contributed by atoms with E-state index in [1.165, 1.54) is 0 Å². The van der Waals surface area contributed by atoms with Crippen LogP contribution in [0.2, 0.25) is 0 Å². The van der Waals surface area contributed by atoms with E-state index >= 15 is 0 Å². The molecule has 1 aromatic heterocycles. The van der Waals surface area contributed by atoms with Crippen molar-refractivity contribution in [1.82, 2.24) is 10.3 Å². The number of rotatable bonds is 9. The molecule has 0 aromatic carbocycles. The largest absolute Gasteiger partial charge is 0.480 e. The van der Waals surface area contributed by atoms with Crippen LogP contribution in [0.25, 0.3) is 0 Å². The Morgan fingerprint density at radius 2 is 2.35 bits per heavy atom. The number of aromatic nitrogens is 1. The molecule has 1 atom stereocenters. The van der Waals surface area contributed by atoms with Crippen molar-refractivity contribution >= 4 is 33.7 Å². The summed E-state index contributed by atoms with van der Waals surface area (Å²) in [5, 5.41) is 13.4. The van der Waals surface area contributed by atoms with Gasteiger partial charge >= 0.3 is 5.97 Å². The van der Waals surface area contributed by atoms with E-state index in [0.29, 0.717) is 6.42 Å². The van der Waals surface area contributed by atoms with E-state index in [1.54, 1.807) is 24.9 Å². The lowest BCUT2D eigenvalue weighted by Crippen LogP contribution is -2.49. The van der Waals surface area contributed by atoms with Crippen molar-refractivity contribution in [2.24, 2.45) is 0 Å². The second-order valence-corrected chi connectivity index (χ2v) is 6.74. The molecule has 0 spiro atoms. The molecule has 112 valence electrons. The van der Waals surface area contributed by atoms with Crippen molar-refractivity contribution in [2.45, 2.75) is 43.7 Å². The molecule has 0 aliphatic carbocycles. The Bertz CT molecular complexity index is 445. The molecule has 4 nitrogen and oxygen atoms in total. The zero-order chi connectivity index (χ0) is 15.0. The molecule has 0 aliphatic rings. The summed E-state index contributed by atoms with van der Waals surface area (Å²) in [5.74, 6) is 0.0710. The monoisotopic (exact) mass is 360 g/mol. The summed E-state index contributed by atoms with van der Waals surface area (Å²) in [6.45, 7) is 4.51. The molecule has 1 heterocycles. The number of aliphatic carboxylic acids is 1. The first kappa shape index (κ1) is 17.5. The zero-order valence-electron chi connectivity index (χ0n) is 11.9. The summed E-state index contributed by atoms with van der Waals surface area (Å²) < 4.78 is 0.982. The van der Waals surface area contributed by atoms with Crippen molar-refractivity contribution in [3.63, 3.8) is 0 Å². The van der Waals surface area contributed by atoms with E-state index in [9.17, 15) is 9.90 Å². The fraction of sp³-hybridized carbons (Fsp3) is 0.571. The van der Waals surface area contributed by atoms with Gasteiger partial charge in [0.1, 0.15) is 10.6 Å². The van der Waals surface area contributed by atoms with Gasteiger partial charge in [-0.05, 0) is 66.5 Å². The van der Waals surface area contributed by atoms with Crippen molar-refractivity contribution in [3.05, 3.63) is 22.8 Å². The lowest BCUT2D eigenvalue weighted by atomic mass is 9.96. The number of nitrogens with one attached hydrogen (secondary N) is 1. The maximum atomic E-state index is 11.4. The Balaban J connectivity index is 2.41. The summed E-state index contributed by atoms with van der Waals surface area (Å²) in [6.07, 6.45) is 4.13. The Labute approximate surface area is 132 Å². The van der Waals surface area contributed by atoms with Gasteiger partial charge in [0, 0.05) is 10.7 Å². The Morgan fingerprint density at radius 3 is 2.95 bits per heavy atom. The van der Waals surface area contributed by atoms with Crippen LogP contribution in [-0.4, -0.2) is 33.9 Å². The molecule has 1 rings (SSSR count). The second-order valence-electron chi connectivity index (χ2n) is 4.81. The maximum absolute atomic E-state index is 11.4. The number of hydrogen-bond acceptors (Lipinski definition) is 4. The van der Waals surface area contributed by atoms with Crippen molar-refractivity contribution in [1.29, 1.82) is 0 Å². The van der Waals surface area contributed by atoms with Gasteiger partial charge in [0.05, 0.1) is 0 Å². The summed E-state index contributed by atoms with van der Waals surface area (Å²) in [4.78, 5) is 15.6. The van der Waals surface area contributed by atoms with Crippen molar-refractivity contribution in [3.8, 4) is 0 Å². The van der Waals surface area contributed by atoms with Gasteiger partial charge in [-0.25, -0.2) is 4.98 Å². The predicted molar refractivity (Wildman–Crippen MR) is 86.2 cm³/mol. The van der Waals surface area contributed by atoms with Crippen LogP contribution in [0.4, 0.5) is 0 Å². The molecular formula is C14H21BrN2O2S. The van der Waals surface area contributed by atoms with Crippen LogP contribution in [0, 0.1) is 0 Å². The molecule has 20 heavy (non-hydrogen) atoms. The first-order valence-electron chi connectivity index (χ1n) is 6.71. The number of carbonyl (C=O) groups is 1. The van der Waals surface area contributed by atoms with Gasteiger partial charge in [-0.15, -0.1) is 11.8 Å². The predicted octanol–water partition coefficient (Wildman–Crippen LogP) is 3.56. The molecule has 1 aromatic rings. The first-order valence-corrected chi connectivity index (χ1v) is 8.49. The van der Waals surface area contributed by atoms with E-state index in [2.05, 4.69) is 26.2 Å². The number of nitrogens with zero attached hydrogens (tertiary/aromatic N) is 1. The van der Waals surface area contributed by atoms with Crippen molar-refractivity contribution < 1.29 is 9.90 Å². The zero-order valence-corrected chi connectivity index (χ0v) is 14.3. The third kappa shape index (κ3) is 5.42. The average molecular weight is 361 g/mol. The molecule has 0 bridgehead atoms. The lowest BCUT2D eigenvalue weighted by Gasteiger charge is -2.26. The van der Waals surface area contributed by atoms with Crippen LogP contribution < -0.4 is 5.32 Å². The fourth-order valence-electron chi connectivity index (χ4n) is 1.74. The van der Waals surface area contributed by atoms with E-state index < -0.39 is 11.5 Å². The van der Waals surface area contributed by atoms with Gasteiger partial charge < -0.3 is 10.4 Å². The van der Waals surface area contributed by atoms with Crippen LogP contribution in [0.15, 0.2) is 27.8 Å². The van der Waals surface area contributed by atoms with Gasteiger partial charge in [0.25, 0.3) is 0 Å². The van der Waals surface area contributed by atoms with E-state index in [-0.39, 0.29) is 0 Å². The number of hydrogen-bond donors (Lipinski definition) is 2. The molecule has 0 saturated carbocycles. The van der Waals surface area contributed by atoms with E-state index in [0.717, 1.165) is 34.6 Å². The summed E-state index contributed by atoms with van der Waals surface area (Å²) >= 11 is 5.10. The molecule has 6 heteroatoms. The van der Waals surface area contributed by atoms with Gasteiger partial charge in [-0.1, -0.05) is 6.92 Å². The third-order valence-corrected chi connectivity index (χ3v) is 5.02. The number of halogens is 1. The second kappa shape index (κ2) is 8.64. The molecule has 0 saturated heterocycles. The van der Waals surface area contributed by atoms with E-state index in [1.807, 2.05) is 19.1 Å². The summed E-state index contributed by atoms with van der Waals surface area (Å²) in [5.41, 5.74) is -0.835. The fourth-order valence-corrected chi connectivity index (χ4v) is 3.17. The standard InChI is InChI=1S/C14H21BrN2O2S/c1-3-8-17-14(2,13(18)19)7-5-10-20-12-11(15)6-4-9-16-12/h4,6,9,17H,3,5,7-8,10H2,1-2H3,(H,18,19). The molecule has 1 unspecified atom stereocenters. The van der Waals surface area contributed by atoms with Gasteiger partial charge in [0.15, 0.2) is 0 Å². The molecule has 0 aliphatic heterocycles. The smallest absolute Gasteiger partial charge is 0.323 e. The number of carboxylic acids is 1. The summed E-state index contributed by atoms with van der Waals surface area (Å²) in [7, 11) is 0. The van der Waals surface area contributed by atoms with Crippen LogP contribution in [0.3, 0.4) is 0 Å². The first-order chi connectivity index (χ1) is 9.49.